The highest BCUT2D eigenvalue weighted by molar-refractivity contribution is 7.77. The van der Waals surface area contributed by atoms with Crippen molar-refractivity contribution in [1.82, 2.24) is 19.2 Å². The fourth-order valence-corrected chi connectivity index (χ4v) is 7.25. The van der Waals surface area contributed by atoms with Gasteiger partial charge in [-0.2, -0.15) is 4.37 Å². The zero-order valence-corrected chi connectivity index (χ0v) is 27.6. The first-order valence-electron chi connectivity index (χ1n) is 14.2. The molecular weight excluding hydrogens is 643 g/mol. The van der Waals surface area contributed by atoms with Gasteiger partial charge in [-0.25, -0.2) is 0 Å². The van der Waals surface area contributed by atoms with Crippen molar-refractivity contribution in [3.8, 4) is 11.3 Å². The van der Waals surface area contributed by atoms with Gasteiger partial charge >= 0.3 is 0 Å². The number of benzene rings is 1. The van der Waals surface area contributed by atoms with Crippen molar-refractivity contribution in [3.05, 3.63) is 80.6 Å². The second-order valence-electron chi connectivity index (χ2n) is 11.7. The Labute approximate surface area is 273 Å². The molecule has 0 bridgehead atoms. The molecular formula is C31H33Cl2N4O5S2-. The van der Waals surface area contributed by atoms with Gasteiger partial charge in [0.15, 0.2) is 5.69 Å². The summed E-state index contributed by atoms with van der Waals surface area (Å²) in [6.07, 6.45) is 8.84. The van der Waals surface area contributed by atoms with Crippen LogP contribution in [0.2, 0.25) is 10.0 Å². The zero-order valence-electron chi connectivity index (χ0n) is 24.4. The molecule has 0 radical (unpaired) electrons. The Bertz CT molecular complexity index is 1610. The van der Waals surface area contributed by atoms with E-state index in [9.17, 15) is 13.6 Å². The molecule has 2 aliphatic rings. The van der Waals surface area contributed by atoms with Crippen LogP contribution in [0.25, 0.3) is 23.4 Å². The van der Waals surface area contributed by atoms with E-state index in [1.165, 1.54) is 6.08 Å². The maximum Gasteiger partial charge on any atom is 0.282 e. The standard InChI is InChI=1S/C31H34Cl2N4O5S2/c1-5-19(14-25-21(6-2)28(35-43-25)30(38)36-44(39)40)37-13-12-20(15-31(3,4)17-37)41-16-22-27(34-42-29(22)18-10-11-18)26-23(32)8-7-9-24(26)33/h5-9,14,18,20H,1-2,10-13,15-17H2,3-4H3,(H,36,38)(H,39,40)/p-1/b19-14+. The predicted octanol–water partition coefficient (Wildman–Crippen LogP) is 7.38. The Morgan fingerprint density at radius 1 is 1.30 bits per heavy atom. The van der Waals surface area contributed by atoms with E-state index in [-0.39, 0.29) is 17.2 Å². The Morgan fingerprint density at radius 2 is 2.02 bits per heavy atom. The lowest BCUT2D eigenvalue weighted by Gasteiger charge is -2.32. The highest BCUT2D eigenvalue weighted by Gasteiger charge is 2.35. The second kappa shape index (κ2) is 13.7. The first kappa shape index (κ1) is 32.6. The van der Waals surface area contributed by atoms with Crippen molar-refractivity contribution < 1.29 is 22.8 Å². The highest BCUT2D eigenvalue weighted by Crippen LogP contribution is 2.46. The molecule has 1 aliphatic carbocycles. The largest absolute Gasteiger partial charge is 0.755 e. The number of amides is 1. The summed E-state index contributed by atoms with van der Waals surface area (Å²) in [6, 6.07) is 5.39. The molecule has 9 nitrogen and oxygen atoms in total. The fraction of sp³-hybridized carbons (Fsp3) is 0.387. The van der Waals surface area contributed by atoms with Crippen LogP contribution < -0.4 is 4.72 Å². The molecule has 234 valence electrons. The minimum atomic E-state index is -2.74. The normalized spacial score (nSPS) is 19.3. The van der Waals surface area contributed by atoms with Crippen LogP contribution in [0.3, 0.4) is 0 Å². The summed E-state index contributed by atoms with van der Waals surface area (Å²) in [4.78, 5) is 15.2. The van der Waals surface area contributed by atoms with E-state index in [0.29, 0.717) is 50.8 Å². The minimum absolute atomic E-state index is 0.00488. The third-order valence-electron chi connectivity index (χ3n) is 7.75. The van der Waals surface area contributed by atoms with E-state index in [2.05, 4.69) is 41.4 Å². The van der Waals surface area contributed by atoms with Crippen LogP contribution >= 0.6 is 34.7 Å². The second-order valence-corrected chi connectivity index (χ2v) is 14.0. The van der Waals surface area contributed by atoms with Crippen LogP contribution in [-0.2, 0) is 22.6 Å². The number of halogens is 2. The number of ether oxygens (including phenoxy) is 1. The van der Waals surface area contributed by atoms with Crippen molar-refractivity contribution in [2.45, 2.75) is 58.2 Å². The maximum absolute atomic E-state index is 12.3. The number of hydrogen-bond acceptors (Lipinski definition) is 9. The lowest BCUT2D eigenvalue weighted by Crippen LogP contribution is -2.31. The summed E-state index contributed by atoms with van der Waals surface area (Å²) >= 11 is 11.4. The number of carbonyl (C=O) groups excluding carboxylic acids is 1. The molecule has 2 atom stereocenters. The third-order valence-corrected chi connectivity index (χ3v) is 9.54. The summed E-state index contributed by atoms with van der Waals surface area (Å²) in [5, 5.41) is 5.41. The summed E-state index contributed by atoms with van der Waals surface area (Å²) in [5.41, 5.74) is 3.40. The molecule has 1 amide bonds. The lowest BCUT2D eigenvalue weighted by atomic mass is 9.86. The molecule has 1 saturated heterocycles. The topological polar surface area (TPSA) is 121 Å². The van der Waals surface area contributed by atoms with Crippen LogP contribution in [0.15, 0.2) is 47.7 Å². The quantitative estimate of drug-likeness (QED) is 0.165. The summed E-state index contributed by atoms with van der Waals surface area (Å²) in [5.74, 6) is 0.371. The number of nitrogens with zero attached hydrogens (tertiary/aromatic N) is 3. The molecule has 2 unspecified atom stereocenters. The molecule has 13 heteroatoms. The number of likely N-dealkylation sites (tertiary alicyclic amines) is 1. The van der Waals surface area contributed by atoms with Gasteiger partial charge < -0.3 is 18.7 Å². The number of nitrogens with one attached hydrogen (secondary N) is 1. The van der Waals surface area contributed by atoms with E-state index in [1.807, 2.05) is 10.8 Å². The van der Waals surface area contributed by atoms with Crippen molar-refractivity contribution in [2.24, 2.45) is 5.41 Å². The monoisotopic (exact) mass is 675 g/mol. The number of allylic oxidation sites excluding steroid dienone is 1. The van der Waals surface area contributed by atoms with E-state index in [0.717, 1.165) is 60.8 Å². The SMILES string of the molecule is C=C/C(=C\c1snc(C(=O)NS(=O)[O-])c1C=C)N1CCC(OCc2c(-c3c(Cl)cccc3Cl)noc2C2CC2)CC(C)(C)C1. The first-order valence-corrected chi connectivity index (χ1v) is 16.8. The van der Waals surface area contributed by atoms with Gasteiger partial charge in [0.25, 0.3) is 5.91 Å². The molecule has 1 N–H and O–H groups in total. The van der Waals surface area contributed by atoms with Gasteiger partial charge in [0.1, 0.15) is 11.5 Å². The van der Waals surface area contributed by atoms with Gasteiger partial charge in [0.05, 0.1) is 27.6 Å². The molecule has 1 saturated carbocycles. The Morgan fingerprint density at radius 3 is 2.66 bits per heavy atom. The molecule has 3 aromatic rings. The molecule has 44 heavy (non-hydrogen) atoms. The number of carbonyl (C=O) groups is 1. The molecule has 5 rings (SSSR count). The van der Waals surface area contributed by atoms with Gasteiger partial charge in [0.2, 0.25) is 0 Å². The van der Waals surface area contributed by atoms with Crippen molar-refractivity contribution in [1.29, 1.82) is 0 Å². The Hall–Kier alpha value is -2.80. The average Bonchev–Trinajstić information content (AvgIpc) is 3.63. The van der Waals surface area contributed by atoms with Gasteiger partial charge in [0, 0.05) is 52.7 Å². The molecule has 2 fully saturated rings. The first-order chi connectivity index (χ1) is 21.0. The predicted molar refractivity (Wildman–Crippen MR) is 174 cm³/mol. The fourth-order valence-electron chi connectivity index (χ4n) is 5.60. The van der Waals surface area contributed by atoms with E-state index >= 15 is 0 Å². The minimum Gasteiger partial charge on any atom is -0.755 e. The highest BCUT2D eigenvalue weighted by atomic mass is 35.5. The summed E-state index contributed by atoms with van der Waals surface area (Å²) in [6.45, 7) is 14.0. The number of rotatable bonds is 11. The summed E-state index contributed by atoms with van der Waals surface area (Å²) in [7, 11) is 0. The molecule has 1 aliphatic heterocycles. The van der Waals surface area contributed by atoms with Crippen molar-refractivity contribution >= 4 is 64.1 Å². The van der Waals surface area contributed by atoms with Gasteiger partial charge in [-0.1, -0.05) is 67.5 Å². The van der Waals surface area contributed by atoms with Crippen molar-refractivity contribution in [3.63, 3.8) is 0 Å². The number of hydrogen-bond donors (Lipinski definition) is 1. The molecule has 1 aromatic carbocycles. The molecule has 3 heterocycles. The number of aromatic nitrogens is 2. The molecule has 2 aromatic heterocycles. The van der Waals surface area contributed by atoms with Gasteiger partial charge in [-0.05, 0) is 66.9 Å². The van der Waals surface area contributed by atoms with E-state index in [4.69, 9.17) is 32.5 Å². The van der Waals surface area contributed by atoms with Crippen LogP contribution in [0.5, 0.6) is 0 Å². The zero-order chi connectivity index (χ0) is 31.6. The smallest absolute Gasteiger partial charge is 0.282 e. The van der Waals surface area contributed by atoms with Crippen molar-refractivity contribution in [2.75, 3.05) is 13.1 Å². The maximum atomic E-state index is 12.3. The van der Waals surface area contributed by atoms with Crippen LogP contribution in [0.1, 0.15) is 77.7 Å². The van der Waals surface area contributed by atoms with E-state index < -0.39 is 17.2 Å². The lowest BCUT2D eigenvalue weighted by molar-refractivity contribution is 0.0150. The average molecular weight is 677 g/mol. The third kappa shape index (κ3) is 7.35. The Kier molecular flexibility index (Phi) is 10.1. The van der Waals surface area contributed by atoms with Gasteiger partial charge in [-0.3, -0.25) is 13.7 Å². The van der Waals surface area contributed by atoms with Crippen LogP contribution in [0.4, 0.5) is 0 Å². The van der Waals surface area contributed by atoms with E-state index in [1.54, 1.807) is 24.3 Å². The Balaban J connectivity index is 1.35. The van der Waals surface area contributed by atoms with Crippen LogP contribution in [0, 0.1) is 5.41 Å². The van der Waals surface area contributed by atoms with Gasteiger partial charge in [-0.15, -0.1) is 0 Å². The molecule has 0 spiro atoms. The summed E-state index contributed by atoms with van der Waals surface area (Å²) < 4.78 is 40.4. The van der Waals surface area contributed by atoms with Crippen LogP contribution in [-0.4, -0.2) is 48.3 Å².